The van der Waals surface area contributed by atoms with E-state index < -0.39 is 0 Å². The predicted molar refractivity (Wildman–Crippen MR) is 72.9 cm³/mol. The third-order valence-electron chi connectivity index (χ3n) is 2.69. The summed E-state index contributed by atoms with van der Waals surface area (Å²) >= 11 is 5.85. The number of nitrogen functional groups attached to an aromatic ring is 1. The Labute approximate surface area is 115 Å². The Kier molecular flexibility index (Phi) is 4.01. The van der Waals surface area contributed by atoms with Crippen LogP contribution in [0, 0.1) is 0 Å². The van der Waals surface area contributed by atoms with Gasteiger partial charge in [-0.2, -0.15) is 5.10 Å². The minimum absolute atomic E-state index is 0.146. The van der Waals surface area contributed by atoms with Gasteiger partial charge in [0.2, 0.25) is 0 Å². The SMILES string of the molecule is Cn1nccc1CCNC(=O)c1cc(N)cnc1Cl. The van der Waals surface area contributed by atoms with Crippen LogP contribution in [0.4, 0.5) is 5.69 Å². The van der Waals surface area contributed by atoms with Crippen molar-refractivity contribution in [3.05, 3.63) is 40.9 Å². The molecule has 0 saturated carbocycles. The van der Waals surface area contributed by atoms with Gasteiger partial charge in [-0.3, -0.25) is 9.48 Å². The van der Waals surface area contributed by atoms with Gasteiger partial charge in [0.05, 0.1) is 17.4 Å². The highest BCUT2D eigenvalue weighted by atomic mass is 35.5. The molecule has 0 spiro atoms. The highest BCUT2D eigenvalue weighted by molar-refractivity contribution is 6.32. The maximum Gasteiger partial charge on any atom is 0.254 e. The van der Waals surface area contributed by atoms with Gasteiger partial charge in [0.1, 0.15) is 5.15 Å². The quantitative estimate of drug-likeness (QED) is 0.818. The van der Waals surface area contributed by atoms with Crippen LogP contribution >= 0.6 is 11.6 Å². The molecule has 3 N–H and O–H groups in total. The number of anilines is 1. The van der Waals surface area contributed by atoms with Crippen molar-refractivity contribution in [3.8, 4) is 0 Å². The summed E-state index contributed by atoms with van der Waals surface area (Å²) in [6.07, 6.45) is 3.82. The number of carbonyl (C=O) groups excluding carboxylic acids is 1. The number of rotatable bonds is 4. The molecule has 0 aliphatic heterocycles. The predicted octanol–water partition coefficient (Wildman–Crippen LogP) is 1.02. The highest BCUT2D eigenvalue weighted by Gasteiger charge is 2.11. The Morgan fingerprint density at radius 1 is 1.58 bits per heavy atom. The lowest BCUT2D eigenvalue weighted by atomic mass is 10.2. The van der Waals surface area contributed by atoms with Gasteiger partial charge in [-0.05, 0) is 12.1 Å². The van der Waals surface area contributed by atoms with Gasteiger partial charge in [0, 0.05) is 31.9 Å². The van der Waals surface area contributed by atoms with Crippen LogP contribution in [0.2, 0.25) is 5.15 Å². The number of carbonyl (C=O) groups is 1. The van der Waals surface area contributed by atoms with Gasteiger partial charge < -0.3 is 11.1 Å². The van der Waals surface area contributed by atoms with Crippen LogP contribution in [0.5, 0.6) is 0 Å². The first-order valence-electron chi connectivity index (χ1n) is 5.74. The zero-order valence-corrected chi connectivity index (χ0v) is 11.2. The molecule has 2 heterocycles. The fourth-order valence-electron chi connectivity index (χ4n) is 1.67. The molecule has 2 aromatic heterocycles. The summed E-state index contributed by atoms with van der Waals surface area (Å²) < 4.78 is 1.77. The molecule has 100 valence electrons. The standard InChI is InChI=1S/C12H14ClN5O/c1-18-9(3-5-17-18)2-4-15-12(19)10-6-8(14)7-16-11(10)13/h3,5-7H,2,4,14H2,1H3,(H,15,19). The molecule has 0 aliphatic rings. The van der Waals surface area contributed by atoms with Crippen LogP contribution in [0.3, 0.4) is 0 Å². The van der Waals surface area contributed by atoms with E-state index in [1.54, 1.807) is 10.9 Å². The van der Waals surface area contributed by atoms with Gasteiger partial charge in [-0.1, -0.05) is 11.6 Å². The van der Waals surface area contributed by atoms with E-state index in [0.717, 1.165) is 5.69 Å². The Morgan fingerprint density at radius 3 is 3.05 bits per heavy atom. The number of pyridine rings is 1. The van der Waals surface area contributed by atoms with Crippen molar-refractivity contribution in [1.29, 1.82) is 0 Å². The lowest BCUT2D eigenvalue weighted by molar-refractivity contribution is 0.0954. The lowest BCUT2D eigenvalue weighted by Crippen LogP contribution is -2.26. The van der Waals surface area contributed by atoms with Crippen molar-refractivity contribution in [1.82, 2.24) is 20.1 Å². The molecule has 0 unspecified atom stereocenters. The summed E-state index contributed by atoms with van der Waals surface area (Å²) in [7, 11) is 1.86. The van der Waals surface area contributed by atoms with E-state index in [1.165, 1.54) is 12.3 Å². The third kappa shape index (κ3) is 3.23. The number of amides is 1. The minimum atomic E-state index is -0.285. The number of nitrogens with zero attached hydrogens (tertiary/aromatic N) is 3. The molecule has 0 radical (unpaired) electrons. The first kappa shape index (κ1) is 13.4. The zero-order chi connectivity index (χ0) is 13.8. The molecule has 19 heavy (non-hydrogen) atoms. The first-order valence-corrected chi connectivity index (χ1v) is 6.12. The van der Waals surface area contributed by atoms with Crippen molar-refractivity contribution >= 4 is 23.2 Å². The molecule has 0 saturated heterocycles. The van der Waals surface area contributed by atoms with Crippen molar-refractivity contribution in [2.24, 2.45) is 7.05 Å². The average molecular weight is 280 g/mol. The molecule has 0 fully saturated rings. The molecule has 2 aromatic rings. The number of nitrogens with two attached hydrogens (primary N) is 1. The Morgan fingerprint density at radius 2 is 2.37 bits per heavy atom. The maximum absolute atomic E-state index is 11.9. The van der Waals surface area contributed by atoms with Crippen LogP contribution in [0.1, 0.15) is 16.1 Å². The number of aryl methyl sites for hydroxylation is 1. The summed E-state index contributed by atoms with van der Waals surface area (Å²) in [5.41, 5.74) is 7.31. The van der Waals surface area contributed by atoms with Gasteiger partial charge in [-0.25, -0.2) is 4.98 Å². The monoisotopic (exact) mass is 279 g/mol. The van der Waals surface area contributed by atoms with Crippen LogP contribution in [0.25, 0.3) is 0 Å². The molecule has 2 rings (SSSR count). The van der Waals surface area contributed by atoms with Crippen molar-refractivity contribution in [3.63, 3.8) is 0 Å². The van der Waals surface area contributed by atoms with Gasteiger partial charge in [0.15, 0.2) is 0 Å². The fourth-order valence-corrected chi connectivity index (χ4v) is 1.86. The highest BCUT2D eigenvalue weighted by Crippen LogP contribution is 2.15. The third-order valence-corrected chi connectivity index (χ3v) is 3.00. The van der Waals surface area contributed by atoms with Crippen molar-refractivity contribution in [2.45, 2.75) is 6.42 Å². The Hall–Kier alpha value is -2.08. The van der Waals surface area contributed by atoms with E-state index in [2.05, 4.69) is 15.4 Å². The largest absolute Gasteiger partial charge is 0.397 e. The minimum Gasteiger partial charge on any atom is -0.397 e. The number of nitrogens with one attached hydrogen (secondary N) is 1. The maximum atomic E-state index is 11.9. The second kappa shape index (κ2) is 5.71. The second-order valence-corrected chi connectivity index (χ2v) is 4.42. The summed E-state index contributed by atoms with van der Waals surface area (Å²) in [5.74, 6) is -0.285. The topological polar surface area (TPSA) is 85.8 Å². The summed E-state index contributed by atoms with van der Waals surface area (Å²) in [4.78, 5) is 15.8. The Bertz CT molecular complexity index is 596. The van der Waals surface area contributed by atoms with Crippen LogP contribution in [0.15, 0.2) is 24.5 Å². The fraction of sp³-hybridized carbons (Fsp3) is 0.250. The van der Waals surface area contributed by atoms with E-state index in [1.807, 2.05) is 13.1 Å². The van der Waals surface area contributed by atoms with Crippen LogP contribution in [-0.4, -0.2) is 27.2 Å². The van der Waals surface area contributed by atoms with Crippen LogP contribution < -0.4 is 11.1 Å². The molecule has 7 heteroatoms. The number of hydrogen-bond donors (Lipinski definition) is 2. The molecule has 6 nitrogen and oxygen atoms in total. The number of halogens is 1. The molecule has 0 atom stereocenters. The van der Waals surface area contributed by atoms with E-state index in [9.17, 15) is 4.79 Å². The van der Waals surface area contributed by atoms with Gasteiger partial charge in [-0.15, -0.1) is 0 Å². The molecule has 1 amide bonds. The summed E-state index contributed by atoms with van der Waals surface area (Å²) in [6, 6.07) is 3.41. The molecule has 0 aliphatic carbocycles. The smallest absolute Gasteiger partial charge is 0.254 e. The van der Waals surface area contributed by atoms with E-state index in [4.69, 9.17) is 17.3 Å². The average Bonchev–Trinajstić information content (AvgIpc) is 2.78. The van der Waals surface area contributed by atoms with E-state index in [-0.39, 0.29) is 16.6 Å². The first-order chi connectivity index (χ1) is 9.08. The normalized spacial score (nSPS) is 10.4. The van der Waals surface area contributed by atoms with Crippen LogP contribution in [-0.2, 0) is 13.5 Å². The Balaban J connectivity index is 1.94. The van der Waals surface area contributed by atoms with Gasteiger partial charge >= 0.3 is 0 Å². The van der Waals surface area contributed by atoms with E-state index >= 15 is 0 Å². The number of aromatic nitrogens is 3. The number of hydrogen-bond acceptors (Lipinski definition) is 4. The molecular formula is C12H14ClN5O. The molecule has 0 bridgehead atoms. The zero-order valence-electron chi connectivity index (χ0n) is 10.4. The second-order valence-electron chi connectivity index (χ2n) is 4.06. The van der Waals surface area contributed by atoms with Gasteiger partial charge in [0.25, 0.3) is 5.91 Å². The summed E-state index contributed by atoms with van der Waals surface area (Å²) in [5, 5.41) is 6.97. The molecular weight excluding hydrogens is 266 g/mol. The summed E-state index contributed by atoms with van der Waals surface area (Å²) in [6.45, 7) is 0.490. The molecule has 0 aromatic carbocycles. The van der Waals surface area contributed by atoms with Crippen molar-refractivity contribution in [2.75, 3.05) is 12.3 Å². The lowest BCUT2D eigenvalue weighted by Gasteiger charge is -2.07. The van der Waals surface area contributed by atoms with Crippen molar-refractivity contribution < 1.29 is 4.79 Å². The van der Waals surface area contributed by atoms with E-state index in [0.29, 0.717) is 18.7 Å².